The molecular weight excluding hydrogens is 292 g/mol. The lowest BCUT2D eigenvalue weighted by molar-refractivity contribution is 0.0629. The molecule has 0 fully saturated rings. The van der Waals surface area contributed by atoms with Gasteiger partial charge in [-0.15, -0.1) is 0 Å². The van der Waals surface area contributed by atoms with Crippen LogP contribution in [0.15, 0.2) is 35.5 Å². The summed E-state index contributed by atoms with van der Waals surface area (Å²) in [6.45, 7) is 5.72. The maximum absolute atomic E-state index is 12.0. The van der Waals surface area contributed by atoms with Crippen LogP contribution in [0.4, 0.5) is 4.79 Å². The molecule has 1 aromatic carbocycles. The standard InChI is InChI=1S/C18H26N2O3/c1-3-5-12-20(18(21)22-4-2)13-11-16-14-17(19-23-16)15-9-7-6-8-10-15/h6-10,16H,3-5,11-14H2,1-2H3. The van der Waals surface area contributed by atoms with E-state index < -0.39 is 0 Å². The molecule has 0 spiro atoms. The monoisotopic (exact) mass is 318 g/mol. The van der Waals surface area contributed by atoms with E-state index in [1.165, 1.54) is 0 Å². The Morgan fingerprint density at radius 1 is 1.30 bits per heavy atom. The molecule has 1 unspecified atom stereocenters. The van der Waals surface area contributed by atoms with Crippen molar-refractivity contribution in [1.82, 2.24) is 4.90 Å². The van der Waals surface area contributed by atoms with E-state index in [1.54, 1.807) is 4.90 Å². The van der Waals surface area contributed by atoms with Crippen molar-refractivity contribution in [3.05, 3.63) is 35.9 Å². The Kier molecular flexibility index (Phi) is 6.91. The highest BCUT2D eigenvalue weighted by molar-refractivity contribution is 6.01. The predicted molar refractivity (Wildman–Crippen MR) is 90.6 cm³/mol. The first-order valence-electron chi connectivity index (χ1n) is 8.44. The van der Waals surface area contributed by atoms with Gasteiger partial charge in [0, 0.05) is 25.9 Å². The van der Waals surface area contributed by atoms with E-state index in [1.807, 2.05) is 37.3 Å². The molecule has 0 saturated heterocycles. The highest BCUT2D eigenvalue weighted by Gasteiger charge is 2.24. The van der Waals surface area contributed by atoms with Crippen molar-refractivity contribution >= 4 is 11.8 Å². The second kappa shape index (κ2) is 9.18. The number of amides is 1. The second-order valence-electron chi connectivity index (χ2n) is 5.66. The van der Waals surface area contributed by atoms with Crippen molar-refractivity contribution < 1.29 is 14.4 Å². The lowest BCUT2D eigenvalue weighted by atomic mass is 10.0. The van der Waals surface area contributed by atoms with Gasteiger partial charge in [0.25, 0.3) is 0 Å². The average Bonchev–Trinajstić information content (AvgIpc) is 3.05. The van der Waals surface area contributed by atoms with Gasteiger partial charge in [0.2, 0.25) is 0 Å². The lowest BCUT2D eigenvalue weighted by Crippen LogP contribution is -2.35. The van der Waals surface area contributed by atoms with Gasteiger partial charge in [-0.25, -0.2) is 4.79 Å². The third-order valence-electron chi connectivity index (χ3n) is 3.87. The van der Waals surface area contributed by atoms with Gasteiger partial charge in [-0.05, 0) is 18.9 Å². The highest BCUT2D eigenvalue weighted by atomic mass is 16.6. The highest BCUT2D eigenvalue weighted by Crippen LogP contribution is 2.19. The molecule has 0 aromatic heterocycles. The Balaban J connectivity index is 1.81. The van der Waals surface area contributed by atoms with Crippen LogP contribution in [0.3, 0.4) is 0 Å². The molecule has 1 aliphatic rings. The molecule has 0 aliphatic carbocycles. The van der Waals surface area contributed by atoms with Gasteiger partial charge in [0.1, 0.15) is 6.10 Å². The van der Waals surface area contributed by atoms with Crippen LogP contribution in [0.2, 0.25) is 0 Å². The summed E-state index contributed by atoms with van der Waals surface area (Å²) in [6, 6.07) is 10.1. The third kappa shape index (κ3) is 5.27. The van der Waals surface area contributed by atoms with Gasteiger partial charge in [0.05, 0.1) is 12.3 Å². The van der Waals surface area contributed by atoms with Crippen LogP contribution in [-0.4, -0.2) is 42.5 Å². The van der Waals surface area contributed by atoms with E-state index in [9.17, 15) is 4.79 Å². The Labute approximate surface area is 138 Å². The number of ether oxygens (including phenoxy) is 1. The van der Waals surface area contributed by atoms with Gasteiger partial charge in [-0.2, -0.15) is 0 Å². The summed E-state index contributed by atoms with van der Waals surface area (Å²) < 4.78 is 5.12. The second-order valence-corrected chi connectivity index (χ2v) is 5.66. The summed E-state index contributed by atoms with van der Waals surface area (Å²) in [4.78, 5) is 19.3. The fraction of sp³-hybridized carbons (Fsp3) is 0.556. The summed E-state index contributed by atoms with van der Waals surface area (Å²) >= 11 is 0. The molecule has 1 heterocycles. The van der Waals surface area contributed by atoms with Crippen molar-refractivity contribution in [3.63, 3.8) is 0 Å². The molecule has 5 nitrogen and oxygen atoms in total. The van der Waals surface area contributed by atoms with Crippen LogP contribution < -0.4 is 0 Å². The molecular formula is C18H26N2O3. The zero-order chi connectivity index (χ0) is 16.5. The number of nitrogens with zero attached hydrogens (tertiary/aromatic N) is 2. The SMILES string of the molecule is CCCCN(CCC1CC(c2ccccc2)=NO1)C(=O)OCC. The van der Waals surface area contributed by atoms with Crippen LogP contribution in [0.5, 0.6) is 0 Å². The van der Waals surface area contributed by atoms with Crippen molar-refractivity contribution in [1.29, 1.82) is 0 Å². The normalized spacial score (nSPS) is 16.6. The number of carbonyl (C=O) groups is 1. The van der Waals surface area contributed by atoms with Crippen molar-refractivity contribution in [2.75, 3.05) is 19.7 Å². The van der Waals surface area contributed by atoms with Crippen LogP contribution in [0.25, 0.3) is 0 Å². The van der Waals surface area contributed by atoms with Gasteiger partial charge >= 0.3 is 6.09 Å². The smallest absolute Gasteiger partial charge is 0.409 e. The zero-order valence-corrected chi connectivity index (χ0v) is 14.0. The Bertz CT molecular complexity index is 516. The largest absolute Gasteiger partial charge is 0.450 e. The maximum atomic E-state index is 12.0. The number of rotatable bonds is 8. The Morgan fingerprint density at radius 2 is 2.09 bits per heavy atom. The fourth-order valence-electron chi connectivity index (χ4n) is 2.54. The van der Waals surface area contributed by atoms with Gasteiger partial charge < -0.3 is 14.5 Å². The van der Waals surface area contributed by atoms with E-state index in [-0.39, 0.29) is 12.2 Å². The Hall–Kier alpha value is -2.04. The van der Waals surface area contributed by atoms with E-state index in [0.29, 0.717) is 13.2 Å². The van der Waals surface area contributed by atoms with Gasteiger partial charge in [-0.1, -0.05) is 48.8 Å². The van der Waals surface area contributed by atoms with Crippen LogP contribution in [-0.2, 0) is 9.57 Å². The van der Waals surface area contributed by atoms with E-state index in [2.05, 4.69) is 12.1 Å². The third-order valence-corrected chi connectivity index (χ3v) is 3.87. The number of hydrogen-bond donors (Lipinski definition) is 0. The topological polar surface area (TPSA) is 51.1 Å². The first-order valence-corrected chi connectivity index (χ1v) is 8.44. The summed E-state index contributed by atoms with van der Waals surface area (Å²) in [7, 11) is 0. The molecule has 0 bridgehead atoms. The molecule has 0 N–H and O–H groups in total. The van der Waals surface area contributed by atoms with Gasteiger partial charge in [0.15, 0.2) is 0 Å². The van der Waals surface area contributed by atoms with Crippen molar-refractivity contribution in [2.45, 2.75) is 45.6 Å². The molecule has 126 valence electrons. The van der Waals surface area contributed by atoms with Crippen LogP contribution in [0, 0.1) is 0 Å². The summed E-state index contributed by atoms with van der Waals surface area (Å²) in [5, 5.41) is 4.19. The summed E-state index contributed by atoms with van der Waals surface area (Å²) in [5.74, 6) is 0. The lowest BCUT2D eigenvalue weighted by Gasteiger charge is -2.22. The zero-order valence-electron chi connectivity index (χ0n) is 14.0. The number of carbonyl (C=O) groups excluding carboxylic acids is 1. The molecule has 0 saturated carbocycles. The van der Waals surface area contributed by atoms with E-state index in [4.69, 9.17) is 9.57 Å². The minimum Gasteiger partial charge on any atom is -0.450 e. The average molecular weight is 318 g/mol. The molecule has 1 amide bonds. The molecule has 5 heteroatoms. The molecule has 0 radical (unpaired) electrons. The molecule has 1 atom stereocenters. The van der Waals surface area contributed by atoms with Crippen molar-refractivity contribution in [2.24, 2.45) is 5.16 Å². The fourth-order valence-corrected chi connectivity index (χ4v) is 2.54. The summed E-state index contributed by atoms with van der Waals surface area (Å²) in [5.41, 5.74) is 2.08. The number of oxime groups is 1. The van der Waals surface area contributed by atoms with Gasteiger partial charge in [-0.3, -0.25) is 0 Å². The quantitative estimate of drug-likeness (QED) is 0.732. The summed E-state index contributed by atoms with van der Waals surface area (Å²) in [6.07, 6.45) is 3.39. The number of unbranched alkanes of at least 4 members (excludes halogenated alkanes) is 1. The van der Waals surface area contributed by atoms with Crippen molar-refractivity contribution in [3.8, 4) is 0 Å². The molecule has 2 rings (SSSR count). The number of hydrogen-bond acceptors (Lipinski definition) is 4. The molecule has 1 aromatic rings. The predicted octanol–water partition coefficient (Wildman–Crippen LogP) is 3.83. The number of benzene rings is 1. The minimum absolute atomic E-state index is 0.0313. The first-order chi connectivity index (χ1) is 11.2. The maximum Gasteiger partial charge on any atom is 0.409 e. The Morgan fingerprint density at radius 3 is 2.78 bits per heavy atom. The van der Waals surface area contributed by atoms with Crippen LogP contribution >= 0.6 is 0 Å². The molecule has 1 aliphatic heterocycles. The molecule has 23 heavy (non-hydrogen) atoms. The minimum atomic E-state index is -0.233. The van der Waals surface area contributed by atoms with E-state index >= 15 is 0 Å². The van der Waals surface area contributed by atoms with Crippen LogP contribution in [0.1, 0.15) is 45.1 Å². The van der Waals surface area contributed by atoms with E-state index in [0.717, 1.165) is 43.5 Å². The first kappa shape index (κ1) is 17.3.